The van der Waals surface area contributed by atoms with E-state index >= 15 is 0 Å². The fraction of sp³-hybridized carbons (Fsp3) is 0.467. The van der Waals surface area contributed by atoms with Gasteiger partial charge in [0.1, 0.15) is 0 Å². The van der Waals surface area contributed by atoms with Gasteiger partial charge < -0.3 is 29.9 Å². The van der Waals surface area contributed by atoms with E-state index in [4.69, 9.17) is 14.5 Å². The third-order valence-corrected chi connectivity index (χ3v) is 7.77. The Morgan fingerprint density at radius 1 is 1.24 bits per heavy atom. The van der Waals surface area contributed by atoms with Gasteiger partial charge in [0, 0.05) is 49.2 Å². The Bertz CT molecular complexity index is 1320. The zero-order valence-electron chi connectivity index (χ0n) is 23.9. The molecular formula is C30H39N7O4. The number of morpholine rings is 1. The minimum atomic E-state index is -0.298. The summed E-state index contributed by atoms with van der Waals surface area (Å²) in [5.41, 5.74) is 3.16. The highest BCUT2D eigenvalue weighted by atomic mass is 16.6. The first kappa shape index (κ1) is 28.6. The molecule has 2 fully saturated rings. The SMILES string of the molecule is C=Cn1nc(Nc2ccc(C(=O)N3CCOC4(CCCNC4)C3)cc2)nc1C(=CC)C1=CCN(C(=O)OCC)CC1. The van der Waals surface area contributed by atoms with Gasteiger partial charge in [0.05, 0.1) is 25.4 Å². The van der Waals surface area contributed by atoms with Crippen molar-refractivity contribution in [3.05, 3.63) is 60.0 Å². The van der Waals surface area contributed by atoms with E-state index in [2.05, 4.69) is 22.3 Å². The molecule has 218 valence electrons. The van der Waals surface area contributed by atoms with Gasteiger partial charge in [-0.15, -0.1) is 5.10 Å². The van der Waals surface area contributed by atoms with Crippen molar-refractivity contribution in [2.24, 2.45) is 0 Å². The molecule has 3 aliphatic rings. The number of carbonyl (C=O) groups is 2. The number of anilines is 2. The van der Waals surface area contributed by atoms with Gasteiger partial charge in [-0.1, -0.05) is 18.7 Å². The van der Waals surface area contributed by atoms with Crippen LogP contribution in [0.25, 0.3) is 11.8 Å². The predicted octanol–water partition coefficient (Wildman–Crippen LogP) is 3.91. The zero-order chi connectivity index (χ0) is 28.8. The summed E-state index contributed by atoms with van der Waals surface area (Å²) in [5, 5.41) is 11.2. The highest BCUT2D eigenvalue weighted by molar-refractivity contribution is 5.94. The highest BCUT2D eigenvalue weighted by Gasteiger charge is 2.39. The summed E-state index contributed by atoms with van der Waals surface area (Å²) >= 11 is 0. The largest absolute Gasteiger partial charge is 0.450 e. The van der Waals surface area contributed by atoms with Gasteiger partial charge in [0.15, 0.2) is 5.82 Å². The van der Waals surface area contributed by atoms with Crippen LogP contribution in [0.2, 0.25) is 0 Å². The van der Waals surface area contributed by atoms with Crippen LogP contribution in [0.15, 0.2) is 48.6 Å². The summed E-state index contributed by atoms with van der Waals surface area (Å²) in [6.45, 7) is 12.6. The van der Waals surface area contributed by atoms with E-state index in [-0.39, 0.29) is 17.6 Å². The van der Waals surface area contributed by atoms with Crippen molar-refractivity contribution >= 4 is 35.4 Å². The maximum absolute atomic E-state index is 13.3. The van der Waals surface area contributed by atoms with E-state index in [1.54, 1.807) is 22.7 Å². The molecule has 2 saturated heterocycles. The summed E-state index contributed by atoms with van der Waals surface area (Å²) in [6, 6.07) is 7.39. The number of ether oxygens (including phenoxy) is 2. The van der Waals surface area contributed by atoms with Crippen molar-refractivity contribution < 1.29 is 19.1 Å². The van der Waals surface area contributed by atoms with Gasteiger partial charge in [0.2, 0.25) is 5.95 Å². The molecule has 1 unspecified atom stereocenters. The summed E-state index contributed by atoms with van der Waals surface area (Å²) in [5.74, 6) is 1.09. The predicted molar refractivity (Wildman–Crippen MR) is 158 cm³/mol. The van der Waals surface area contributed by atoms with Crippen molar-refractivity contribution in [2.45, 2.75) is 38.7 Å². The van der Waals surface area contributed by atoms with Crippen LogP contribution in [0.4, 0.5) is 16.4 Å². The molecule has 0 bridgehead atoms. The number of hydrogen-bond acceptors (Lipinski definition) is 8. The monoisotopic (exact) mass is 561 g/mol. The van der Waals surface area contributed by atoms with Crippen LogP contribution in [0.5, 0.6) is 0 Å². The lowest BCUT2D eigenvalue weighted by Crippen LogP contribution is -2.59. The summed E-state index contributed by atoms with van der Waals surface area (Å²) < 4.78 is 12.9. The molecule has 11 heteroatoms. The molecule has 0 aliphatic carbocycles. The number of nitrogens with zero attached hydrogens (tertiary/aromatic N) is 5. The Labute approximate surface area is 240 Å². The topological polar surface area (TPSA) is 114 Å². The van der Waals surface area contributed by atoms with Crippen molar-refractivity contribution in [3.8, 4) is 0 Å². The molecule has 0 saturated carbocycles. The lowest BCUT2D eigenvalue weighted by atomic mass is 9.92. The number of allylic oxidation sites excluding steroid dienone is 2. The molecule has 2 amide bonds. The number of benzene rings is 1. The molecule has 41 heavy (non-hydrogen) atoms. The quantitative estimate of drug-likeness (QED) is 0.523. The fourth-order valence-electron chi connectivity index (χ4n) is 5.66. The lowest BCUT2D eigenvalue weighted by Gasteiger charge is -2.45. The first-order chi connectivity index (χ1) is 19.9. The van der Waals surface area contributed by atoms with Crippen molar-refractivity contribution in [1.29, 1.82) is 0 Å². The Morgan fingerprint density at radius 3 is 2.73 bits per heavy atom. The van der Waals surface area contributed by atoms with Gasteiger partial charge in [-0.2, -0.15) is 4.98 Å². The molecule has 11 nitrogen and oxygen atoms in total. The second-order valence-corrected chi connectivity index (χ2v) is 10.5. The fourth-order valence-corrected chi connectivity index (χ4v) is 5.66. The summed E-state index contributed by atoms with van der Waals surface area (Å²) in [6.07, 6.45) is 8.05. The third kappa shape index (κ3) is 6.36. The van der Waals surface area contributed by atoms with E-state index in [9.17, 15) is 9.59 Å². The molecule has 1 spiro atoms. The van der Waals surface area contributed by atoms with Crippen molar-refractivity contribution in [2.75, 3.05) is 57.8 Å². The molecule has 5 rings (SSSR count). The van der Waals surface area contributed by atoms with E-state index in [0.717, 1.165) is 42.8 Å². The second kappa shape index (κ2) is 12.7. The lowest BCUT2D eigenvalue weighted by molar-refractivity contribution is -0.109. The number of carbonyl (C=O) groups excluding carboxylic acids is 2. The number of nitrogens with one attached hydrogen (secondary N) is 2. The smallest absolute Gasteiger partial charge is 0.410 e. The zero-order valence-corrected chi connectivity index (χ0v) is 23.9. The Kier molecular flexibility index (Phi) is 8.84. The van der Waals surface area contributed by atoms with Crippen LogP contribution in [0.1, 0.15) is 49.3 Å². The van der Waals surface area contributed by atoms with Crippen LogP contribution in [-0.4, -0.2) is 94.6 Å². The molecule has 2 aromatic rings. The first-order valence-electron chi connectivity index (χ1n) is 14.3. The van der Waals surface area contributed by atoms with Gasteiger partial charge in [-0.05, 0) is 69.5 Å². The standard InChI is InChI=1S/C30H39N7O4/c1-4-25(22-12-16-35(17-13-22)29(39)40-6-3)26-33-28(34-37(26)5-2)32-24-10-8-23(9-11-24)27(38)36-18-19-41-30(21-36)14-7-15-31-20-30/h4-5,8-12,31H,2,6-7,13-21H2,1,3H3,(H,32,34). The number of amides is 2. The Hall–Kier alpha value is -3.96. The van der Waals surface area contributed by atoms with E-state index in [0.29, 0.717) is 63.1 Å². The van der Waals surface area contributed by atoms with E-state index in [1.165, 1.54) is 0 Å². The molecule has 0 radical (unpaired) electrons. The normalized spacial score (nSPS) is 21.4. The van der Waals surface area contributed by atoms with Gasteiger partial charge in [0.25, 0.3) is 5.91 Å². The minimum Gasteiger partial charge on any atom is -0.450 e. The average Bonchev–Trinajstić information content (AvgIpc) is 3.40. The first-order valence-corrected chi connectivity index (χ1v) is 14.3. The molecule has 1 atom stereocenters. The molecule has 2 N–H and O–H groups in total. The average molecular weight is 562 g/mol. The Morgan fingerprint density at radius 2 is 2.07 bits per heavy atom. The number of hydrogen-bond donors (Lipinski definition) is 2. The summed E-state index contributed by atoms with van der Waals surface area (Å²) in [4.78, 5) is 33.7. The van der Waals surface area contributed by atoms with Crippen molar-refractivity contribution in [1.82, 2.24) is 29.9 Å². The van der Waals surface area contributed by atoms with Crippen LogP contribution in [-0.2, 0) is 9.47 Å². The van der Waals surface area contributed by atoms with E-state index < -0.39 is 0 Å². The van der Waals surface area contributed by atoms with Crippen LogP contribution < -0.4 is 10.6 Å². The van der Waals surface area contributed by atoms with Crippen molar-refractivity contribution in [3.63, 3.8) is 0 Å². The van der Waals surface area contributed by atoms with Gasteiger partial charge in [-0.3, -0.25) is 4.79 Å². The minimum absolute atomic E-state index is 0.0150. The molecular weight excluding hydrogens is 522 g/mol. The number of aromatic nitrogens is 3. The molecule has 4 heterocycles. The molecule has 3 aliphatic heterocycles. The van der Waals surface area contributed by atoms with Gasteiger partial charge >= 0.3 is 6.09 Å². The molecule has 1 aromatic carbocycles. The maximum Gasteiger partial charge on any atom is 0.410 e. The highest BCUT2D eigenvalue weighted by Crippen LogP contribution is 2.29. The second-order valence-electron chi connectivity index (χ2n) is 10.5. The van der Waals surface area contributed by atoms with Crippen LogP contribution in [0, 0.1) is 0 Å². The van der Waals surface area contributed by atoms with Gasteiger partial charge in [-0.25, -0.2) is 9.48 Å². The maximum atomic E-state index is 13.3. The van der Waals surface area contributed by atoms with Crippen LogP contribution in [0.3, 0.4) is 0 Å². The van der Waals surface area contributed by atoms with Crippen LogP contribution >= 0.6 is 0 Å². The number of rotatable bonds is 7. The number of piperidine rings is 1. The van der Waals surface area contributed by atoms with E-state index in [1.807, 2.05) is 48.2 Å². The third-order valence-electron chi connectivity index (χ3n) is 7.77. The molecule has 1 aromatic heterocycles. The summed E-state index contributed by atoms with van der Waals surface area (Å²) in [7, 11) is 0. The Balaban J connectivity index is 1.25.